The maximum absolute atomic E-state index is 13.1. The van der Waals surface area contributed by atoms with Gasteiger partial charge in [-0.3, -0.25) is 4.72 Å². The van der Waals surface area contributed by atoms with E-state index in [1.807, 2.05) is 36.4 Å². The Hall–Kier alpha value is -2.04. The molecule has 0 saturated carbocycles. The van der Waals surface area contributed by atoms with Gasteiger partial charge in [0.1, 0.15) is 0 Å². The van der Waals surface area contributed by atoms with Crippen LogP contribution in [0.2, 0.25) is 5.02 Å². The minimum absolute atomic E-state index is 0.189. The van der Waals surface area contributed by atoms with Gasteiger partial charge >= 0.3 is 0 Å². The highest BCUT2D eigenvalue weighted by atomic mass is 35.5. The third kappa shape index (κ3) is 3.51. The summed E-state index contributed by atoms with van der Waals surface area (Å²) in [4.78, 5) is 0.189. The monoisotopic (exact) mass is 373 g/mol. The number of sulfonamides is 1. The molecule has 130 valence electrons. The number of benzene rings is 3. The summed E-state index contributed by atoms with van der Waals surface area (Å²) in [5.41, 5.74) is 1.60. The molecule has 0 aliphatic rings. The molecular weight excluding hydrogens is 354 g/mol. The zero-order valence-corrected chi connectivity index (χ0v) is 15.7. The van der Waals surface area contributed by atoms with Crippen molar-refractivity contribution in [2.45, 2.75) is 31.1 Å². The molecule has 0 amide bonds. The topological polar surface area (TPSA) is 46.2 Å². The molecule has 0 fully saturated rings. The lowest BCUT2D eigenvalue weighted by Crippen LogP contribution is -2.15. The van der Waals surface area contributed by atoms with E-state index in [1.165, 1.54) is 0 Å². The minimum atomic E-state index is -3.76. The SMILES string of the molecule is CCC(C)c1ccccc1NS(=O)(=O)c1cccc2cccc(Cl)c12. The predicted molar refractivity (Wildman–Crippen MR) is 105 cm³/mol. The molecule has 1 N–H and O–H groups in total. The molecule has 0 aliphatic carbocycles. The van der Waals surface area contributed by atoms with Gasteiger partial charge in [0.2, 0.25) is 0 Å². The van der Waals surface area contributed by atoms with E-state index in [0.29, 0.717) is 16.1 Å². The zero-order chi connectivity index (χ0) is 18.0. The predicted octanol–water partition coefficient (Wildman–Crippen LogP) is 5.81. The maximum Gasteiger partial charge on any atom is 0.262 e. The van der Waals surface area contributed by atoms with E-state index in [0.717, 1.165) is 17.4 Å². The Morgan fingerprint density at radius 2 is 1.68 bits per heavy atom. The van der Waals surface area contributed by atoms with Crippen LogP contribution < -0.4 is 4.72 Å². The number of rotatable bonds is 5. The lowest BCUT2D eigenvalue weighted by atomic mass is 9.97. The molecule has 0 aromatic heterocycles. The third-order valence-corrected chi connectivity index (χ3v) is 6.18. The summed E-state index contributed by atoms with van der Waals surface area (Å²) in [6, 6.07) is 18.1. The van der Waals surface area contributed by atoms with E-state index in [-0.39, 0.29) is 10.8 Å². The van der Waals surface area contributed by atoms with E-state index < -0.39 is 10.0 Å². The summed E-state index contributed by atoms with van der Waals surface area (Å²) < 4.78 is 28.9. The molecule has 0 radical (unpaired) electrons. The van der Waals surface area contributed by atoms with Crippen molar-refractivity contribution in [1.82, 2.24) is 0 Å². The summed E-state index contributed by atoms with van der Waals surface area (Å²) in [6.45, 7) is 4.17. The Morgan fingerprint density at radius 3 is 2.40 bits per heavy atom. The quantitative estimate of drug-likeness (QED) is 0.613. The second-order valence-electron chi connectivity index (χ2n) is 6.10. The molecule has 3 aromatic carbocycles. The molecule has 0 bridgehead atoms. The summed E-state index contributed by atoms with van der Waals surface area (Å²) in [7, 11) is -3.76. The van der Waals surface area contributed by atoms with Gasteiger partial charge in [0.15, 0.2) is 0 Å². The maximum atomic E-state index is 13.1. The van der Waals surface area contributed by atoms with Crippen molar-refractivity contribution in [3.8, 4) is 0 Å². The van der Waals surface area contributed by atoms with Crippen LogP contribution in [-0.4, -0.2) is 8.42 Å². The Balaban J connectivity index is 2.11. The molecule has 5 heteroatoms. The number of hydrogen-bond acceptors (Lipinski definition) is 2. The summed E-state index contributed by atoms with van der Waals surface area (Å²) in [6.07, 6.45) is 0.929. The molecular formula is C20H20ClNO2S. The Labute approximate surface area is 153 Å². The van der Waals surface area contributed by atoms with Crippen molar-refractivity contribution in [3.05, 3.63) is 71.2 Å². The van der Waals surface area contributed by atoms with Crippen molar-refractivity contribution in [3.63, 3.8) is 0 Å². The van der Waals surface area contributed by atoms with Crippen LogP contribution in [0.4, 0.5) is 5.69 Å². The number of para-hydroxylation sites is 1. The standard InChI is InChI=1S/C20H20ClNO2S/c1-3-14(2)16-10-4-5-12-18(16)22-25(23,24)19-13-7-9-15-8-6-11-17(21)20(15)19/h4-14,22H,3H2,1-2H3. The number of nitrogens with one attached hydrogen (secondary N) is 1. The van der Waals surface area contributed by atoms with Gasteiger partial charge < -0.3 is 0 Å². The van der Waals surface area contributed by atoms with Crippen molar-refractivity contribution < 1.29 is 8.42 Å². The zero-order valence-electron chi connectivity index (χ0n) is 14.2. The normalized spacial score (nSPS) is 12.9. The highest BCUT2D eigenvalue weighted by Crippen LogP contribution is 2.33. The summed E-state index contributed by atoms with van der Waals surface area (Å²) >= 11 is 6.28. The van der Waals surface area contributed by atoms with Crippen LogP contribution in [0, 0.1) is 0 Å². The van der Waals surface area contributed by atoms with Crippen LogP contribution in [0.1, 0.15) is 31.7 Å². The highest BCUT2D eigenvalue weighted by molar-refractivity contribution is 7.93. The van der Waals surface area contributed by atoms with Gasteiger partial charge in [-0.25, -0.2) is 8.42 Å². The first kappa shape index (κ1) is 17.8. The van der Waals surface area contributed by atoms with Crippen LogP contribution in [0.15, 0.2) is 65.6 Å². The molecule has 0 saturated heterocycles. The highest BCUT2D eigenvalue weighted by Gasteiger charge is 2.21. The average molecular weight is 374 g/mol. The van der Waals surface area contributed by atoms with Crippen LogP contribution in [0.3, 0.4) is 0 Å². The van der Waals surface area contributed by atoms with Crippen LogP contribution in [0.5, 0.6) is 0 Å². The Bertz CT molecular complexity index is 1010. The molecule has 3 rings (SSSR count). The minimum Gasteiger partial charge on any atom is -0.279 e. The van der Waals surface area contributed by atoms with Crippen LogP contribution in [-0.2, 0) is 10.0 Å². The van der Waals surface area contributed by atoms with Crippen LogP contribution in [0.25, 0.3) is 10.8 Å². The van der Waals surface area contributed by atoms with Crippen molar-refractivity contribution >= 4 is 38.1 Å². The van der Waals surface area contributed by atoms with Gasteiger partial charge in [-0.1, -0.05) is 67.9 Å². The molecule has 1 atom stereocenters. The second kappa shape index (κ2) is 7.06. The Morgan fingerprint density at radius 1 is 1.00 bits per heavy atom. The smallest absolute Gasteiger partial charge is 0.262 e. The van der Waals surface area contributed by atoms with E-state index in [1.54, 1.807) is 24.3 Å². The molecule has 0 spiro atoms. The fourth-order valence-electron chi connectivity index (χ4n) is 2.93. The van der Waals surface area contributed by atoms with E-state index in [9.17, 15) is 8.42 Å². The average Bonchev–Trinajstić information content (AvgIpc) is 2.61. The van der Waals surface area contributed by atoms with Crippen molar-refractivity contribution in [2.75, 3.05) is 4.72 Å². The third-order valence-electron chi connectivity index (χ3n) is 4.45. The molecule has 0 heterocycles. The van der Waals surface area contributed by atoms with Crippen molar-refractivity contribution in [1.29, 1.82) is 0 Å². The largest absolute Gasteiger partial charge is 0.279 e. The summed E-state index contributed by atoms with van der Waals surface area (Å²) in [5, 5.41) is 1.76. The van der Waals surface area contributed by atoms with E-state index in [2.05, 4.69) is 18.6 Å². The molecule has 25 heavy (non-hydrogen) atoms. The molecule has 3 nitrogen and oxygen atoms in total. The second-order valence-corrected chi connectivity index (χ2v) is 8.15. The summed E-state index contributed by atoms with van der Waals surface area (Å²) in [5.74, 6) is 0.259. The lowest BCUT2D eigenvalue weighted by Gasteiger charge is -2.17. The van der Waals surface area contributed by atoms with Gasteiger partial charge in [0, 0.05) is 10.4 Å². The van der Waals surface area contributed by atoms with Gasteiger partial charge in [0.05, 0.1) is 10.6 Å². The number of hydrogen-bond donors (Lipinski definition) is 1. The van der Waals surface area contributed by atoms with Crippen LogP contribution >= 0.6 is 11.6 Å². The Kier molecular flexibility index (Phi) is 5.02. The van der Waals surface area contributed by atoms with Crippen molar-refractivity contribution in [2.24, 2.45) is 0 Å². The number of anilines is 1. The first-order valence-electron chi connectivity index (χ1n) is 8.23. The van der Waals surface area contributed by atoms with Gasteiger partial charge in [-0.15, -0.1) is 0 Å². The van der Waals surface area contributed by atoms with E-state index >= 15 is 0 Å². The first-order chi connectivity index (χ1) is 11.9. The fraction of sp³-hybridized carbons (Fsp3) is 0.200. The fourth-order valence-corrected chi connectivity index (χ4v) is 4.60. The van der Waals surface area contributed by atoms with Gasteiger partial charge in [-0.2, -0.15) is 0 Å². The molecule has 0 aliphatic heterocycles. The number of halogens is 1. The molecule has 1 unspecified atom stereocenters. The van der Waals surface area contributed by atoms with Gasteiger partial charge in [0.25, 0.3) is 10.0 Å². The van der Waals surface area contributed by atoms with Gasteiger partial charge in [-0.05, 0) is 41.5 Å². The molecule has 3 aromatic rings. The lowest BCUT2D eigenvalue weighted by molar-refractivity contribution is 0.602. The number of fused-ring (bicyclic) bond motifs is 1. The first-order valence-corrected chi connectivity index (χ1v) is 10.1. The van der Waals surface area contributed by atoms with E-state index in [4.69, 9.17) is 11.6 Å².